The van der Waals surface area contributed by atoms with Crippen molar-refractivity contribution < 1.29 is 10.2 Å². The van der Waals surface area contributed by atoms with Crippen LogP contribution in [0, 0.1) is 41.4 Å². The molecule has 1 aromatic carbocycles. The molecule has 7 unspecified atom stereocenters. The van der Waals surface area contributed by atoms with Gasteiger partial charge in [0.2, 0.25) is 0 Å². The maximum absolute atomic E-state index is 10.4. The molecule has 1 aromatic rings. The van der Waals surface area contributed by atoms with Crippen LogP contribution < -0.4 is 0 Å². The topological polar surface area (TPSA) is 40.5 Å². The summed E-state index contributed by atoms with van der Waals surface area (Å²) in [5.74, 6) is 3.49. The fraction of sp³-hybridized carbons (Fsp3) is 0.778. The molecule has 3 fully saturated rings. The predicted molar refractivity (Wildman–Crippen MR) is 118 cm³/mol. The summed E-state index contributed by atoms with van der Waals surface area (Å²) in [6.45, 7) is 12.2. The summed E-state index contributed by atoms with van der Waals surface area (Å²) in [6, 6.07) is 1.92. The quantitative estimate of drug-likeness (QED) is 0.469. The van der Waals surface area contributed by atoms with Crippen LogP contribution in [-0.4, -0.2) is 10.2 Å². The van der Waals surface area contributed by atoms with E-state index in [0.29, 0.717) is 16.7 Å². The third-order valence-corrected chi connectivity index (χ3v) is 10.8. The van der Waals surface area contributed by atoms with E-state index in [1.54, 1.807) is 0 Å². The van der Waals surface area contributed by atoms with Crippen molar-refractivity contribution in [1.82, 2.24) is 0 Å². The van der Waals surface area contributed by atoms with Crippen molar-refractivity contribution >= 4 is 0 Å². The van der Waals surface area contributed by atoms with Crippen molar-refractivity contribution in [3.8, 4) is 11.5 Å². The van der Waals surface area contributed by atoms with Gasteiger partial charge in [0.1, 0.15) is 0 Å². The number of phenols is 2. The highest BCUT2D eigenvalue weighted by molar-refractivity contribution is 5.56. The Labute approximate surface area is 177 Å². The first-order chi connectivity index (χ1) is 13.6. The summed E-state index contributed by atoms with van der Waals surface area (Å²) >= 11 is 0. The van der Waals surface area contributed by atoms with Crippen LogP contribution in [0.15, 0.2) is 6.07 Å². The van der Waals surface area contributed by atoms with Crippen molar-refractivity contribution in [1.29, 1.82) is 0 Å². The van der Waals surface area contributed by atoms with Crippen LogP contribution in [0.1, 0.15) is 95.8 Å². The number of rotatable bonds is 0. The highest BCUT2D eigenvalue weighted by Gasteiger charge is 2.62. The summed E-state index contributed by atoms with van der Waals surface area (Å²) in [5, 5.41) is 20.7. The predicted octanol–water partition coefficient (Wildman–Crippen LogP) is 6.88. The van der Waals surface area contributed by atoms with E-state index >= 15 is 0 Å². The van der Waals surface area contributed by atoms with Crippen LogP contribution >= 0.6 is 0 Å². The van der Waals surface area contributed by atoms with Crippen molar-refractivity contribution in [2.75, 3.05) is 0 Å². The normalized spacial score (nSPS) is 46.2. The van der Waals surface area contributed by atoms with E-state index in [-0.39, 0.29) is 16.9 Å². The summed E-state index contributed by atoms with van der Waals surface area (Å²) in [5.41, 5.74) is 4.66. The molecule has 0 bridgehead atoms. The molecule has 2 N–H and O–H groups in total. The molecule has 0 heterocycles. The molecule has 2 heteroatoms. The molecular formula is C27H40O2. The second-order valence-corrected chi connectivity index (χ2v) is 12.2. The van der Waals surface area contributed by atoms with Crippen molar-refractivity contribution in [3.63, 3.8) is 0 Å². The molecule has 3 saturated carbocycles. The second-order valence-electron chi connectivity index (χ2n) is 12.2. The number of fused-ring (bicyclic) bond motifs is 7. The van der Waals surface area contributed by atoms with Crippen LogP contribution in [0.5, 0.6) is 11.5 Å². The van der Waals surface area contributed by atoms with Crippen LogP contribution in [-0.2, 0) is 11.8 Å². The molecule has 0 saturated heterocycles. The Balaban J connectivity index is 1.57. The maximum Gasteiger partial charge on any atom is 0.160 e. The molecular weight excluding hydrogens is 356 g/mol. The van der Waals surface area contributed by atoms with Gasteiger partial charge in [0, 0.05) is 0 Å². The third kappa shape index (κ3) is 2.53. The minimum Gasteiger partial charge on any atom is -0.504 e. The lowest BCUT2D eigenvalue weighted by molar-refractivity contribution is -0.144. The Morgan fingerprint density at radius 2 is 1.69 bits per heavy atom. The van der Waals surface area contributed by atoms with Gasteiger partial charge in [-0.15, -0.1) is 0 Å². The molecule has 29 heavy (non-hydrogen) atoms. The molecule has 160 valence electrons. The van der Waals surface area contributed by atoms with Gasteiger partial charge in [0.15, 0.2) is 11.5 Å². The number of benzene rings is 1. The maximum atomic E-state index is 10.4. The fourth-order valence-corrected chi connectivity index (χ4v) is 9.00. The molecule has 2 nitrogen and oxygen atoms in total. The van der Waals surface area contributed by atoms with Crippen molar-refractivity contribution in [3.05, 3.63) is 22.8 Å². The average Bonchev–Trinajstić information content (AvgIpc) is 2.67. The smallest absolute Gasteiger partial charge is 0.160 e. The molecule has 0 aliphatic heterocycles. The van der Waals surface area contributed by atoms with Gasteiger partial charge >= 0.3 is 0 Å². The minimum atomic E-state index is 0.0766. The molecule has 0 radical (unpaired) electrons. The van der Waals surface area contributed by atoms with Gasteiger partial charge in [-0.1, -0.05) is 34.1 Å². The van der Waals surface area contributed by atoms with Gasteiger partial charge in [-0.05, 0) is 121 Å². The summed E-state index contributed by atoms with van der Waals surface area (Å²) < 4.78 is 0. The van der Waals surface area contributed by atoms with E-state index in [2.05, 4.69) is 27.7 Å². The molecule has 4 aliphatic rings. The fourth-order valence-electron chi connectivity index (χ4n) is 9.00. The van der Waals surface area contributed by atoms with Gasteiger partial charge < -0.3 is 10.2 Å². The van der Waals surface area contributed by atoms with Gasteiger partial charge in [-0.2, -0.15) is 0 Å². The first-order valence-electron chi connectivity index (χ1n) is 12.1. The Bertz CT molecular complexity index is 843. The molecule has 0 amide bonds. The van der Waals surface area contributed by atoms with Gasteiger partial charge in [0.25, 0.3) is 0 Å². The van der Waals surface area contributed by atoms with Gasteiger partial charge in [0.05, 0.1) is 0 Å². The lowest BCUT2D eigenvalue weighted by Crippen LogP contribution is -2.59. The first kappa shape index (κ1) is 19.8. The summed E-state index contributed by atoms with van der Waals surface area (Å²) in [4.78, 5) is 0. The van der Waals surface area contributed by atoms with E-state index in [9.17, 15) is 10.2 Å². The van der Waals surface area contributed by atoms with E-state index in [1.165, 1.54) is 62.5 Å². The van der Waals surface area contributed by atoms with Crippen LogP contribution in [0.3, 0.4) is 0 Å². The highest BCUT2D eigenvalue weighted by Crippen LogP contribution is 2.69. The molecule has 5 rings (SSSR count). The van der Waals surface area contributed by atoms with E-state index < -0.39 is 0 Å². The van der Waals surface area contributed by atoms with E-state index in [4.69, 9.17) is 0 Å². The minimum absolute atomic E-state index is 0.0766. The Morgan fingerprint density at radius 3 is 2.45 bits per heavy atom. The second kappa shape index (κ2) is 6.17. The zero-order valence-corrected chi connectivity index (χ0v) is 19.1. The lowest BCUT2D eigenvalue weighted by Gasteiger charge is -2.66. The van der Waals surface area contributed by atoms with E-state index in [0.717, 1.165) is 29.7 Å². The largest absolute Gasteiger partial charge is 0.504 e. The number of hydrogen-bond donors (Lipinski definition) is 2. The highest BCUT2D eigenvalue weighted by atomic mass is 16.3. The standard InChI is InChI=1S/C27H40O2/c1-16-8-10-25(3)12-13-27(5)19(21(25)14-16)9-11-26(4)20-15-22(28)24(29)17(2)18(20)6-7-23(26)27/h15-16,19,21,23,28-29H,6-14H2,1-5H3. The Morgan fingerprint density at radius 1 is 0.931 bits per heavy atom. The van der Waals surface area contributed by atoms with Crippen molar-refractivity contribution in [2.45, 2.75) is 97.8 Å². The monoisotopic (exact) mass is 396 g/mol. The van der Waals surface area contributed by atoms with Crippen LogP contribution in [0.4, 0.5) is 0 Å². The third-order valence-electron chi connectivity index (χ3n) is 10.8. The summed E-state index contributed by atoms with van der Waals surface area (Å²) in [6.07, 6.45) is 11.9. The Kier molecular flexibility index (Phi) is 4.21. The molecule has 0 aromatic heterocycles. The number of hydrogen-bond acceptors (Lipinski definition) is 2. The van der Waals surface area contributed by atoms with Crippen molar-refractivity contribution in [2.24, 2.45) is 34.5 Å². The lowest BCUT2D eigenvalue weighted by atomic mass is 9.38. The van der Waals surface area contributed by atoms with Crippen LogP contribution in [0.25, 0.3) is 0 Å². The zero-order valence-electron chi connectivity index (χ0n) is 19.1. The first-order valence-corrected chi connectivity index (χ1v) is 12.1. The zero-order chi connectivity index (χ0) is 20.8. The number of aromatic hydroxyl groups is 2. The molecule has 7 atom stereocenters. The Hall–Kier alpha value is -1.18. The average molecular weight is 397 g/mol. The summed E-state index contributed by atoms with van der Waals surface area (Å²) in [7, 11) is 0. The van der Waals surface area contributed by atoms with Gasteiger partial charge in [-0.3, -0.25) is 0 Å². The van der Waals surface area contributed by atoms with Gasteiger partial charge in [-0.25, -0.2) is 0 Å². The number of phenolic OH excluding ortho intramolecular Hbond substituents is 2. The van der Waals surface area contributed by atoms with E-state index in [1.807, 2.05) is 13.0 Å². The molecule has 0 spiro atoms. The van der Waals surface area contributed by atoms with Crippen LogP contribution in [0.2, 0.25) is 0 Å². The molecule has 4 aliphatic carbocycles. The SMILES string of the molecule is Cc1c(O)c(O)cc2c1CCC1C2(C)CCC2C3CC(C)CCC3(C)CCC21C.